The van der Waals surface area contributed by atoms with E-state index in [1.807, 2.05) is 35.8 Å². The summed E-state index contributed by atoms with van der Waals surface area (Å²) in [6.07, 6.45) is 2.82. The van der Waals surface area contributed by atoms with Gasteiger partial charge in [0.2, 0.25) is 0 Å². The molecule has 1 fully saturated rings. The van der Waals surface area contributed by atoms with Crippen LogP contribution in [0.15, 0.2) is 29.4 Å². The summed E-state index contributed by atoms with van der Waals surface area (Å²) in [6.45, 7) is 10.8. The molecule has 3 heterocycles. The molecule has 2 aromatic rings. The molecule has 0 atom stereocenters. The molecule has 0 spiro atoms. The molecule has 1 aliphatic rings. The lowest BCUT2D eigenvalue weighted by atomic mass is 10.2. The number of hydrogen-bond acceptors (Lipinski definition) is 4. The third kappa shape index (κ3) is 4.48. The van der Waals surface area contributed by atoms with E-state index in [4.69, 9.17) is 0 Å². The van der Waals surface area contributed by atoms with E-state index in [1.165, 1.54) is 6.54 Å². The minimum absolute atomic E-state index is 0.724. The Labute approximate surface area is 149 Å². The zero-order valence-electron chi connectivity index (χ0n) is 15.5. The molecule has 0 radical (unpaired) electrons. The average Bonchev–Trinajstić information content (AvgIpc) is 3.02. The quantitative estimate of drug-likeness (QED) is 0.651. The third-order valence-corrected chi connectivity index (χ3v) is 4.52. The first-order chi connectivity index (χ1) is 12.2. The highest BCUT2D eigenvalue weighted by Crippen LogP contribution is 2.06. The number of nitrogens with zero attached hydrogens (tertiary/aromatic N) is 6. The van der Waals surface area contributed by atoms with Crippen LogP contribution in [-0.4, -0.2) is 76.7 Å². The molecule has 0 aromatic carbocycles. The van der Waals surface area contributed by atoms with Gasteiger partial charge in [0.15, 0.2) is 11.6 Å². The number of rotatable bonds is 5. The Morgan fingerprint density at radius 2 is 2.00 bits per heavy atom. The van der Waals surface area contributed by atoms with E-state index < -0.39 is 0 Å². The van der Waals surface area contributed by atoms with E-state index in [-0.39, 0.29) is 0 Å². The SMILES string of the molecule is CN=C(NCCc1nnc2ccccn12)N1CCN(CC(C)C)CC1. The molecular formula is C18H29N7. The summed E-state index contributed by atoms with van der Waals surface area (Å²) in [5.74, 6) is 2.68. The van der Waals surface area contributed by atoms with Crippen LogP contribution < -0.4 is 5.32 Å². The standard InChI is InChI=1S/C18H29N7/c1-15(2)14-23-10-12-24(13-11-23)18(19-3)20-8-7-17-22-21-16-6-4-5-9-25(16)17/h4-6,9,15H,7-8,10-14H2,1-3H3,(H,19,20). The molecule has 1 saturated heterocycles. The summed E-state index contributed by atoms with van der Waals surface area (Å²) in [4.78, 5) is 9.33. The molecule has 7 heteroatoms. The fourth-order valence-corrected chi connectivity index (χ4v) is 3.34. The van der Waals surface area contributed by atoms with Crippen LogP contribution in [0.2, 0.25) is 0 Å². The zero-order valence-corrected chi connectivity index (χ0v) is 15.5. The maximum atomic E-state index is 4.45. The largest absolute Gasteiger partial charge is 0.356 e. The Morgan fingerprint density at radius 3 is 2.72 bits per heavy atom. The Morgan fingerprint density at radius 1 is 1.20 bits per heavy atom. The van der Waals surface area contributed by atoms with Crippen LogP contribution in [0.25, 0.3) is 5.65 Å². The second-order valence-electron chi connectivity index (χ2n) is 6.95. The van der Waals surface area contributed by atoms with Crippen molar-refractivity contribution in [3.8, 4) is 0 Å². The maximum absolute atomic E-state index is 4.45. The Hall–Kier alpha value is -2.15. The van der Waals surface area contributed by atoms with Gasteiger partial charge >= 0.3 is 0 Å². The van der Waals surface area contributed by atoms with Gasteiger partial charge in [-0.25, -0.2) is 0 Å². The lowest BCUT2D eigenvalue weighted by molar-refractivity contribution is 0.164. The first kappa shape index (κ1) is 17.7. The van der Waals surface area contributed by atoms with Crippen molar-refractivity contribution in [1.29, 1.82) is 0 Å². The van der Waals surface area contributed by atoms with Crippen molar-refractivity contribution in [2.75, 3.05) is 46.3 Å². The van der Waals surface area contributed by atoms with E-state index in [0.29, 0.717) is 0 Å². The van der Waals surface area contributed by atoms with E-state index in [1.54, 1.807) is 0 Å². The van der Waals surface area contributed by atoms with Crippen molar-refractivity contribution < 1.29 is 0 Å². The van der Waals surface area contributed by atoms with Gasteiger partial charge < -0.3 is 10.2 Å². The van der Waals surface area contributed by atoms with Gasteiger partial charge in [0.25, 0.3) is 0 Å². The highest BCUT2D eigenvalue weighted by Gasteiger charge is 2.19. The first-order valence-electron chi connectivity index (χ1n) is 9.14. The Bertz CT molecular complexity index is 698. The lowest BCUT2D eigenvalue weighted by Gasteiger charge is -2.37. The average molecular weight is 343 g/mol. The van der Waals surface area contributed by atoms with Crippen molar-refractivity contribution in [2.45, 2.75) is 20.3 Å². The molecule has 1 N–H and O–H groups in total. The number of aromatic nitrogens is 3. The van der Waals surface area contributed by atoms with Crippen molar-refractivity contribution in [2.24, 2.45) is 10.9 Å². The predicted molar refractivity (Wildman–Crippen MR) is 101 cm³/mol. The monoisotopic (exact) mass is 343 g/mol. The lowest BCUT2D eigenvalue weighted by Crippen LogP contribution is -2.53. The molecule has 0 unspecified atom stereocenters. The minimum Gasteiger partial charge on any atom is -0.356 e. The van der Waals surface area contributed by atoms with Crippen molar-refractivity contribution in [1.82, 2.24) is 29.7 Å². The van der Waals surface area contributed by atoms with Gasteiger partial charge in [0.1, 0.15) is 5.82 Å². The molecule has 1 aliphatic heterocycles. The number of piperazine rings is 1. The van der Waals surface area contributed by atoms with Gasteiger partial charge in [-0.15, -0.1) is 10.2 Å². The van der Waals surface area contributed by atoms with Crippen LogP contribution in [0, 0.1) is 5.92 Å². The van der Waals surface area contributed by atoms with E-state index in [0.717, 1.165) is 62.5 Å². The molecule has 3 rings (SSSR count). The van der Waals surface area contributed by atoms with Gasteiger partial charge in [-0.3, -0.25) is 14.3 Å². The molecule has 0 bridgehead atoms. The maximum Gasteiger partial charge on any atom is 0.193 e. The number of pyridine rings is 1. The highest BCUT2D eigenvalue weighted by atomic mass is 15.3. The van der Waals surface area contributed by atoms with Crippen LogP contribution in [0.5, 0.6) is 0 Å². The first-order valence-corrected chi connectivity index (χ1v) is 9.14. The highest BCUT2D eigenvalue weighted by molar-refractivity contribution is 5.80. The Kier molecular flexibility index (Phi) is 5.86. The number of hydrogen-bond donors (Lipinski definition) is 1. The smallest absolute Gasteiger partial charge is 0.193 e. The van der Waals surface area contributed by atoms with Crippen molar-refractivity contribution >= 4 is 11.6 Å². The van der Waals surface area contributed by atoms with Crippen LogP contribution >= 0.6 is 0 Å². The molecule has 0 amide bonds. The molecule has 0 aliphatic carbocycles. The van der Waals surface area contributed by atoms with Crippen LogP contribution in [0.4, 0.5) is 0 Å². The molecule has 0 saturated carbocycles. The van der Waals surface area contributed by atoms with Gasteiger partial charge in [-0.2, -0.15) is 0 Å². The Balaban J connectivity index is 1.49. The fourth-order valence-electron chi connectivity index (χ4n) is 3.34. The van der Waals surface area contributed by atoms with E-state index in [2.05, 4.69) is 44.2 Å². The molecule has 136 valence electrons. The van der Waals surface area contributed by atoms with E-state index in [9.17, 15) is 0 Å². The van der Waals surface area contributed by atoms with Crippen LogP contribution in [0.1, 0.15) is 19.7 Å². The van der Waals surface area contributed by atoms with Gasteiger partial charge in [0, 0.05) is 58.9 Å². The van der Waals surface area contributed by atoms with Gasteiger partial charge in [-0.1, -0.05) is 19.9 Å². The van der Waals surface area contributed by atoms with Gasteiger partial charge in [-0.05, 0) is 18.1 Å². The van der Waals surface area contributed by atoms with Crippen molar-refractivity contribution in [3.63, 3.8) is 0 Å². The summed E-state index contributed by atoms with van der Waals surface area (Å²) < 4.78 is 2.04. The number of nitrogens with one attached hydrogen (secondary N) is 1. The topological polar surface area (TPSA) is 61.1 Å². The number of fused-ring (bicyclic) bond motifs is 1. The number of guanidine groups is 1. The summed E-state index contributed by atoms with van der Waals surface area (Å²) in [7, 11) is 1.86. The summed E-state index contributed by atoms with van der Waals surface area (Å²) in [6, 6.07) is 5.95. The minimum atomic E-state index is 0.724. The molecular weight excluding hydrogens is 314 g/mol. The molecule has 7 nitrogen and oxygen atoms in total. The second-order valence-corrected chi connectivity index (χ2v) is 6.95. The normalized spacial score (nSPS) is 16.8. The second kappa shape index (κ2) is 8.29. The molecule has 25 heavy (non-hydrogen) atoms. The fraction of sp³-hybridized carbons (Fsp3) is 0.611. The van der Waals surface area contributed by atoms with E-state index >= 15 is 0 Å². The predicted octanol–water partition coefficient (Wildman–Crippen LogP) is 1.12. The van der Waals surface area contributed by atoms with Crippen LogP contribution in [-0.2, 0) is 6.42 Å². The summed E-state index contributed by atoms with van der Waals surface area (Å²) >= 11 is 0. The van der Waals surface area contributed by atoms with Crippen LogP contribution in [0.3, 0.4) is 0 Å². The van der Waals surface area contributed by atoms with Gasteiger partial charge in [0.05, 0.1) is 0 Å². The molecule has 2 aromatic heterocycles. The summed E-state index contributed by atoms with van der Waals surface area (Å²) in [5, 5.41) is 12.0. The summed E-state index contributed by atoms with van der Waals surface area (Å²) in [5.41, 5.74) is 0.892. The third-order valence-electron chi connectivity index (χ3n) is 4.52. The number of aliphatic imine (C=N–C) groups is 1. The zero-order chi connectivity index (χ0) is 17.6. The van der Waals surface area contributed by atoms with Crippen molar-refractivity contribution in [3.05, 3.63) is 30.2 Å².